The van der Waals surface area contributed by atoms with Crippen molar-refractivity contribution in [3.05, 3.63) is 12.2 Å². The van der Waals surface area contributed by atoms with Gasteiger partial charge in [-0.25, -0.2) is 4.79 Å². The zero-order valence-corrected chi connectivity index (χ0v) is 17.2. The molecule has 0 aliphatic heterocycles. The van der Waals surface area contributed by atoms with E-state index in [-0.39, 0.29) is 0 Å². The summed E-state index contributed by atoms with van der Waals surface area (Å²) in [7, 11) is 0. The summed E-state index contributed by atoms with van der Waals surface area (Å²) in [5.74, 6) is -0.167. The van der Waals surface area contributed by atoms with Crippen LogP contribution in [0.3, 0.4) is 0 Å². The summed E-state index contributed by atoms with van der Waals surface area (Å²) >= 11 is 0. The summed E-state index contributed by atoms with van der Waals surface area (Å²) < 4.78 is 0. The fraction of sp³-hybridized carbons (Fsp3) is 0.870. The number of unbranched alkanes of at least 4 members (excludes halogenated alkanes) is 12. The lowest BCUT2D eigenvalue weighted by molar-refractivity contribution is -0.132. The first-order chi connectivity index (χ1) is 12.1. The number of hydrogen-bond donors (Lipinski definition) is 1. The highest BCUT2D eigenvalue weighted by atomic mass is 16.4. The lowest BCUT2D eigenvalue weighted by Gasteiger charge is -2.14. The molecule has 0 heterocycles. The van der Waals surface area contributed by atoms with E-state index >= 15 is 0 Å². The second-order valence-corrected chi connectivity index (χ2v) is 7.75. The minimum atomic E-state index is -0.837. The van der Waals surface area contributed by atoms with E-state index in [1.54, 1.807) is 0 Å². The monoisotopic (exact) mass is 352 g/mol. The van der Waals surface area contributed by atoms with Gasteiger partial charge in [-0.3, -0.25) is 0 Å². The number of aliphatic carboxylic acids is 1. The van der Waals surface area contributed by atoms with E-state index in [0.29, 0.717) is 17.9 Å². The highest BCUT2D eigenvalue weighted by Gasteiger charge is 2.10. The van der Waals surface area contributed by atoms with Crippen molar-refractivity contribution in [1.82, 2.24) is 0 Å². The summed E-state index contributed by atoms with van der Waals surface area (Å²) in [5.41, 5.74) is 0.365. The van der Waals surface area contributed by atoms with Crippen molar-refractivity contribution in [2.24, 2.45) is 5.92 Å². The highest BCUT2D eigenvalue weighted by Crippen LogP contribution is 2.22. The van der Waals surface area contributed by atoms with Gasteiger partial charge in [-0.15, -0.1) is 0 Å². The second-order valence-electron chi connectivity index (χ2n) is 7.75. The molecule has 0 spiro atoms. The normalized spacial score (nSPS) is 12.2. The van der Waals surface area contributed by atoms with Gasteiger partial charge in [0.1, 0.15) is 0 Å². The number of hydrogen-bond acceptors (Lipinski definition) is 1. The van der Waals surface area contributed by atoms with Crippen molar-refractivity contribution in [3.63, 3.8) is 0 Å². The minimum Gasteiger partial charge on any atom is -0.478 e. The van der Waals surface area contributed by atoms with Gasteiger partial charge in [-0.2, -0.15) is 0 Å². The van der Waals surface area contributed by atoms with Crippen molar-refractivity contribution in [3.8, 4) is 0 Å². The van der Waals surface area contributed by atoms with Crippen molar-refractivity contribution >= 4 is 5.97 Å². The van der Waals surface area contributed by atoms with Gasteiger partial charge in [-0.1, -0.05) is 117 Å². The molecule has 148 valence electrons. The first-order valence-electron chi connectivity index (χ1n) is 11.0. The Labute approximate surface area is 157 Å². The van der Waals surface area contributed by atoms with Crippen LogP contribution in [-0.4, -0.2) is 11.1 Å². The maximum absolute atomic E-state index is 10.8. The molecule has 2 nitrogen and oxygen atoms in total. The van der Waals surface area contributed by atoms with Gasteiger partial charge in [0.05, 0.1) is 0 Å². The molecule has 0 radical (unpaired) electrons. The van der Waals surface area contributed by atoms with Crippen LogP contribution < -0.4 is 0 Å². The van der Waals surface area contributed by atoms with Crippen LogP contribution in [0.1, 0.15) is 123 Å². The van der Waals surface area contributed by atoms with Gasteiger partial charge >= 0.3 is 5.97 Å². The topological polar surface area (TPSA) is 37.3 Å². The molecule has 0 aliphatic rings. The van der Waals surface area contributed by atoms with Crippen molar-refractivity contribution in [2.45, 2.75) is 123 Å². The third-order valence-electron chi connectivity index (χ3n) is 5.45. The molecule has 0 saturated carbocycles. The van der Waals surface area contributed by atoms with Gasteiger partial charge < -0.3 is 5.11 Å². The number of rotatable bonds is 19. The lowest BCUT2D eigenvalue weighted by Crippen LogP contribution is -2.04. The van der Waals surface area contributed by atoms with Gasteiger partial charge in [0.15, 0.2) is 0 Å². The summed E-state index contributed by atoms with van der Waals surface area (Å²) in [6.07, 6.45) is 22.2. The van der Waals surface area contributed by atoms with E-state index < -0.39 is 5.97 Å². The van der Waals surface area contributed by atoms with Crippen LogP contribution >= 0.6 is 0 Å². The molecule has 25 heavy (non-hydrogen) atoms. The van der Waals surface area contributed by atoms with Gasteiger partial charge in [0.2, 0.25) is 0 Å². The van der Waals surface area contributed by atoms with E-state index in [2.05, 4.69) is 20.4 Å². The molecule has 0 aromatic rings. The van der Waals surface area contributed by atoms with Crippen LogP contribution in [0, 0.1) is 5.92 Å². The molecular weight excluding hydrogens is 308 g/mol. The van der Waals surface area contributed by atoms with E-state index in [0.717, 1.165) is 12.8 Å². The Bertz CT molecular complexity index is 322. The molecule has 0 saturated heterocycles. The lowest BCUT2D eigenvalue weighted by atomic mass is 9.92. The maximum Gasteiger partial charge on any atom is 0.330 e. The van der Waals surface area contributed by atoms with Crippen LogP contribution in [0.4, 0.5) is 0 Å². The molecule has 1 atom stereocenters. The van der Waals surface area contributed by atoms with Gasteiger partial charge in [0.25, 0.3) is 0 Å². The molecular formula is C23H44O2. The van der Waals surface area contributed by atoms with Crippen LogP contribution in [0.25, 0.3) is 0 Å². The summed E-state index contributed by atoms with van der Waals surface area (Å²) in [4.78, 5) is 10.8. The SMILES string of the molecule is C=C(CCC(CC)CCCCCCCCCCCCCCC)C(=O)O. The summed E-state index contributed by atoms with van der Waals surface area (Å²) in [6, 6.07) is 0. The van der Waals surface area contributed by atoms with E-state index in [1.165, 1.54) is 89.9 Å². The smallest absolute Gasteiger partial charge is 0.330 e. The average molecular weight is 353 g/mol. The molecule has 0 bridgehead atoms. The van der Waals surface area contributed by atoms with Crippen molar-refractivity contribution < 1.29 is 9.90 Å². The summed E-state index contributed by atoms with van der Waals surface area (Å²) in [5, 5.41) is 8.87. The number of carbonyl (C=O) groups is 1. The van der Waals surface area contributed by atoms with Crippen molar-refractivity contribution in [1.29, 1.82) is 0 Å². The Kier molecular flexibility index (Phi) is 17.4. The molecule has 1 N–H and O–H groups in total. The molecule has 1 unspecified atom stereocenters. The molecule has 0 aromatic carbocycles. The van der Waals surface area contributed by atoms with Crippen LogP contribution in [0.2, 0.25) is 0 Å². The molecule has 0 fully saturated rings. The molecule has 0 aliphatic carbocycles. The first-order valence-corrected chi connectivity index (χ1v) is 11.0. The average Bonchev–Trinajstić information content (AvgIpc) is 2.61. The largest absolute Gasteiger partial charge is 0.478 e. The molecule has 0 amide bonds. The predicted octanol–water partition coefficient (Wildman–Crippen LogP) is 7.91. The number of carboxylic acids is 1. The second kappa shape index (κ2) is 18.0. The van der Waals surface area contributed by atoms with Gasteiger partial charge in [0, 0.05) is 5.57 Å². The highest BCUT2D eigenvalue weighted by molar-refractivity contribution is 5.85. The Morgan fingerprint density at radius 1 is 0.760 bits per heavy atom. The number of carboxylic acid groups (broad SMARTS) is 1. The first kappa shape index (κ1) is 24.2. The standard InChI is InChI=1S/C23H44O2/c1-4-6-7-8-9-10-11-12-13-14-15-16-17-18-22(5-2)20-19-21(3)23(24)25/h22H,3-20H2,1-2H3,(H,24,25). The van der Waals surface area contributed by atoms with Gasteiger partial charge in [-0.05, 0) is 18.8 Å². The van der Waals surface area contributed by atoms with Crippen LogP contribution in [0.5, 0.6) is 0 Å². The minimum absolute atomic E-state index is 0.365. The molecule has 2 heteroatoms. The zero-order chi connectivity index (χ0) is 18.8. The van der Waals surface area contributed by atoms with E-state index in [9.17, 15) is 4.79 Å². The summed E-state index contributed by atoms with van der Waals surface area (Å²) in [6.45, 7) is 8.13. The van der Waals surface area contributed by atoms with E-state index in [4.69, 9.17) is 5.11 Å². The fourth-order valence-electron chi connectivity index (χ4n) is 3.49. The fourth-order valence-corrected chi connectivity index (χ4v) is 3.49. The van der Waals surface area contributed by atoms with Crippen molar-refractivity contribution in [2.75, 3.05) is 0 Å². The predicted molar refractivity (Wildman–Crippen MR) is 110 cm³/mol. The Hall–Kier alpha value is -0.790. The third-order valence-corrected chi connectivity index (χ3v) is 5.45. The molecule has 0 aromatic heterocycles. The van der Waals surface area contributed by atoms with Crippen LogP contribution in [0.15, 0.2) is 12.2 Å². The quantitative estimate of drug-likeness (QED) is 0.189. The maximum atomic E-state index is 10.8. The molecule has 0 rings (SSSR count). The van der Waals surface area contributed by atoms with E-state index in [1.807, 2.05) is 0 Å². The zero-order valence-electron chi connectivity index (χ0n) is 17.2. The Morgan fingerprint density at radius 2 is 1.20 bits per heavy atom. The Morgan fingerprint density at radius 3 is 1.60 bits per heavy atom. The Balaban J connectivity index is 3.35. The van der Waals surface area contributed by atoms with Crippen LogP contribution in [-0.2, 0) is 4.79 Å². The third kappa shape index (κ3) is 16.4.